The molecular weight excluding hydrogens is 298 g/mol. The van der Waals surface area contributed by atoms with Crippen molar-refractivity contribution in [3.05, 3.63) is 54.1 Å². The predicted octanol–water partition coefficient (Wildman–Crippen LogP) is 2.59. The van der Waals surface area contributed by atoms with E-state index in [9.17, 15) is 14.7 Å². The number of esters is 1. The van der Waals surface area contributed by atoms with Gasteiger partial charge in [0.15, 0.2) is 6.61 Å². The average Bonchev–Trinajstić information content (AvgIpc) is 2.55. The molecule has 0 atom stereocenters. The van der Waals surface area contributed by atoms with Crippen LogP contribution in [0.2, 0.25) is 0 Å². The zero-order valence-corrected chi connectivity index (χ0v) is 12.6. The summed E-state index contributed by atoms with van der Waals surface area (Å²) in [5, 5.41) is 12.3. The molecule has 0 bridgehead atoms. The van der Waals surface area contributed by atoms with Crippen molar-refractivity contribution in [3.8, 4) is 11.5 Å². The Balaban J connectivity index is 2.11. The number of benzene rings is 2. The van der Waals surface area contributed by atoms with Gasteiger partial charge in [0.2, 0.25) is 0 Å². The first-order chi connectivity index (χ1) is 11.1. The molecule has 0 aliphatic rings. The fourth-order valence-corrected chi connectivity index (χ4v) is 1.89. The van der Waals surface area contributed by atoms with E-state index in [-0.39, 0.29) is 36.0 Å². The summed E-state index contributed by atoms with van der Waals surface area (Å²) in [6.45, 7) is 1.68. The van der Waals surface area contributed by atoms with Crippen LogP contribution in [0.25, 0.3) is 0 Å². The van der Waals surface area contributed by atoms with E-state index in [0.29, 0.717) is 0 Å². The second-order valence-electron chi connectivity index (χ2n) is 4.56. The van der Waals surface area contributed by atoms with Gasteiger partial charge >= 0.3 is 5.97 Å². The molecule has 2 aromatic rings. The molecule has 0 aliphatic heterocycles. The van der Waals surface area contributed by atoms with Gasteiger partial charge in [-0.2, -0.15) is 0 Å². The van der Waals surface area contributed by atoms with Crippen LogP contribution in [0.5, 0.6) is 11.5 Å². The second kappa shape index (κ2) is 7.84. The minimum atomic E-state index is -0.511. The Kier molecular flexibility index (Phi) is 5.57. The summed E-state index contributed by atoms with van der Waals surface area (Å²) >= 11 is 0. The highest BCUT2D eigenvalue weighted by Gasteiger charge is 2.15. The fourth-order valence-electron chi connectivity index (χ4n) is 1.89. The highest BCUT2D eigenvalue weighted by molar-refractivity contribution is 6.06. The lowest BCUT2D eigenvalue weighted by Gasteiger charge is -2.12. The van der Waals surface area contributed by atoms with Crippen molar-refractivity contribution in [1.82, 2.24) is 0 Å². The number of phenols is 1. The number of aromatic hydroxyl groups is 1. The van der Waals surface area contributed by atoms with E-state index in [2.05, 4.69) is 5.32 Å². The van der Waals surface area contributed by atoms with E-state index < -0.39 is 11.9 Å². The summed E-state index contributed by atoms with van der Waals surface area (Å²) in [5.41, 5.74) is 0.540. The van der Waals surface area contributed by atoms with Gasteiger partial charge in [-0.15, -0.1) is 0 Å². The molecule has 0 aliphatic carbocycles. The third kappa shape index (κ3) is 4.47. The van der Waals surface area contributed by atoms with E-state index in [1.54, 1.807) is 49.4 Å². The molecule has 6 nitrogen and oxygen atoms in total. The quantitative estimate of drug-likeness (QED) is 0.632. The van der Waals surface area contributed by atoms with Gasteiger partial charge in [0.1, 0.15) is 11.5 Å². The lowest BCUT2D eigenvalue weighted by molar-refractivity contribution is -0.145. The number of para-hydroxylation sites is 3. The van der Waals surface area contributed by atoms with E-state index >= 15 is 0 Å². The molecule has 2 aromatic carbocycles. The Labute approximate surface area is 133 Å². The third-order valence-electron chi connectivity index (χ3n) is 2.93. The molecule has 0 saturated carbocycles. The number of amides is 1. The molecular formula is C17H17NO5. The molecule has 0 fully saturated rings. The first-order valence-electron chi connectivity index (χ1n) is 7.08. The third-order valence-corrected chi connectivity index (χ3v) is 2.93. The Hall–Kier alpha value is -3.02. The van der Waals surface area contributed by atoms with Crippen LogP contribution in [0.3, 0.4) is 0 Å². The lowest BCUT2D eigenvalue weighted by Crippen LogP contribution is -2.18. The largest absolute Gasteiger partial charge is 0.506 e. The Morgan fingerprint density at radius 1 is 1.09 bits per heavy atom. The minimum absolute atomic E-state index is 0.0363. The molecule has 0 saturated heterocycles. The fraction of sp³-hybridized carbons (Fsp3) is 0.176. The molecule has 0 unspecified atom stereocenters. The van der Waals surface area contributed by atoms with Gasteiger partial charge in [-0.25, -0.2) is 4.79 Å². The number of hydrogen-bond donors (Lipinski definition) is 2. The number of carbonyl (C=O) groups excluding carboxylic acids is 2. The number of carbonyl (C=O) groups is 2. The first-order valence-corrected chi connectivity index (χ1v) is 7.08. The van der Waals surface area contributed by atoms with Crippen LogP contribution in [0.1, 0.15) is 17.3 Å². The highest BCUT2D eigenvalue weighted by atomic mass is 16.6. The zero-order valence-electron chi connectivity index (χ0n) is 12.6. The Morgan fingerprint density at radius 2 is 1.78 bits per heavy atom. The Bertz CT molecular complexity index is 699. The van der Waals surface area contributed by atoms with Crippen molar-refractivity contribution in [3.63, 3.8) is 0 Å². The molecule has 2 N–H and O–H groups in total. The number of anilines is 1. The van der Waals surface area contributed by atoms with Gasteiger partial charge < -0.3 is 19.9 Å². The maximum absolute atomic E-state index is 12.3. The van der Waals surface area contributed by atoms with Crippen LogP contribution in [-0.2, 0) is 9.53 Å². The number of rotatable bonds is 6. The summed E-state index contributed by atoms with van der Waals surface area (Å²) in [7, 11) is 0. The summed E-state index contributed by atoms with van der Waals surface area (Å²) in [5.74, 6) is -0.742. The monoisotopic (exact) mass is 315 g/mol. The highest BCUT2D eigenvalue weighted by Crippen LogP contribution is 2.24. The lowest BCUT2D eigenvalue weighted by atomic mass is 10.2. The molecule has 0 spiro atoms. The molecule has 6 heteroatoms. The van der Waals surface area contributed by atoms with Crippen molar-refractivity contribution < 1.29 is 24.2 Å². The maximum atomic E-state index is 12.3. The van der Waals surface area contributed by atoms with Gasteiger partial charge in [-0.05, 0) is 31.2 Å². The summed E-state index contributed by atoms with van der Waals surface area (Å²) in [6, 6.07) is 12.9. The van der Waals surface area contributed by atoms with Crippen LogP contribution >= 0.6 is 0 Å². The van der Waals surface area contributed by atoms with Crippen molar-refractivity contribution in [2.75, 3.05) is 18.5 Å². The van der Waals surface area contributed by atoms with Crippen LogP contribution in [0, 0.1) is 0 Å². The van der Waals surface area contributed by atoms with E-state index in [4.69, 9.17) is 9.47 Å². The SMILES string of the molecule is CCOC(=O)COc1ccccc1C(=O)Nc1ccccc1O. The van der Waals surface area contributed by atoms with Gasteiger partial charge in [-0.3, -0.25) is 4.79 Å². The van der Waals surface area contributed by atoms with Gasteiger partial charge in [0, 0.05) is 0 Å². The standard InChI is InChI=1S/C17H17NO5/c1-2-22-16(20)11-23-15-10-6-3-7-12(15)17(21)18-13-8-4-5-9-14(13)19/h3-10,19H,2,11H2,1H3,(H,18,21). The summed E-state index contributed by atoms with van der Waals surface area (Å²) in [6.07, 6.45) is 0. The normalized spacial score (nSPS) is 9.96. The number of phenolic OH excluding ortho intramolecular Hbond substituents is 1. The van der Waals surface area contributed by atoms with Crippen molar-refractivity contribution in [2.45, 2.75) is 6.92 Å². The predicted molar refractivity (Wildman–Crippen MR) is 84.6 cm³/mol. The number of nitrogens with one attached hydrogen (secondary N) is 1. The van der Waals surface area contributed by atoms with E-state index in [1.807, 2.05) is 0 Å². The van der Waals surface area contributed by atoms with Gasteiger partial charge in [0.05, 0.1) is 17.9 Å². The van der Waals surface area contributed by atoms with Crippen LogP contribution in [0.4, 0.5) is 5.69 Å². The molecule has 0 heterocycles. The summed E-state index contributed by atoms with van der Waals surface area (Å²) in [4.78, 5) is 23.7. The van der Waals surface area contributed by atoms with Crippen LogP contribution < -0.4 is 10.1 Å². The molecule has 0 radical (unpaired) electrons. The molecule has 1 amide bonds. The summed E-state index contributed by atoms with van der Waals surface area (Å²) < 4.78 is 10.1. The topological polar surface area (TPSA) is 84.9 Å². The molecule has 0 aromatic heterocycles. The average molecular weight is 315 g/mol. The maximum Gasteiger partial charge on any atom is 0.344 e. The van der Waals surface area contributed by atoms with Crippen LogP contribution in [-0.4, -0.2) is 30.2 Å². The van der Waals surface area contributed by atoms with Gasteiger partial charge in [0.25, 0.3) is 5.91 Å². The van der Waals surface area contributed by atoms with Crippen molar-refractivity contribution >= 4 is 17.6 Å². The van der Waals surface area contributed by atoms with E-state index in [1.165, 1.54) is 6.07 Å². The van der Waals surface area contributed by atoms with Crippen molar-refractivity contribution in [1.29, 1.82) is 0 Å². The minimum Gasteiger partial charge on any atom is -0.506 e. The Morgan fingerprint density at radius 3 is 2.52 bits per heavy atom. The van der Waals surface area contributed by atoms with Crippen molar-refractivity contribution in [2.24, 2.45) is 0 Å². The molecule has 23 heavy (non-hydrogen) atoms. The number of hydrogen-bond acceptors (Lipinski definition) is 5. The zero-order chi connectivity index (χ0) is 16.7. The second-order valence-corrected chi connectivity index (χ2v) is 4.56. The molecule has 2 rings (SSSR count). The molecule has 120 valence electrons. The van der Waals surface area contributed by atoms with Crippen LogP contribution in [0.15, 0.2) is 48.5 Å². The van der Waals surface area contributed by atoms with E-state index in [0.717, 1.165) is 0 Å². The smallest absolute Gasteiger partial charge is 0.344 e. The van der Waals surface area contributed by atoms with Gasteiger partial charge in [-0.1, -0.05) is 24.3 Å². The first kappa shape index (κ1) is 16.4. The number of ether oxygens (including phenoxy) is 2.